The summed E-state index contributed by atoms with van der Waals surface area (Å²) in [6.07, 6.45) is 2.54. The van der Waals surface area contributed by atoms with Crippen LogP contribution in [0.2, 0.25) is 0 Å². The van der Waals surface area contributed by atoms with E-state index in [0.29, 0.717) is 12.4 Å². The molecule has 2 aliphatic carbocycles. The topological polar surface area (TPSA) is 92.7 Å². The molecule has 28 heavy (non-hydrogen) atoms. The lowest BCUT2D eigenvalue weighted by atomic mass is 9.85. The van der Waals surface area contributed by atoms with Crippen molar-refractivity contribution in [3.63, 3.8) is 0 Å². The first-order chi connectivity index (χ1) is 13.4. The first kappa shape index (κ1) is 19.0. The summed E-state index contributed by atoms with van der Waals surface area (Å²) in [4.78, 5) is 11.7. The van der Waals surface area contributed by atoms with Crippen LogP contribution in [0, 0.1) is 17.8 Å². The quantitative estimate of drug-likeness (QED) is 0.744. The first-order valence-electron chi connectivity index (χ1n) is 9.46. The molecule has 2 bridgehead atoms. The molecule has 4 rings (SSSR count). The highest BCUT2D eigenvalue weighted by atomic mass is 32.2. The standard InChI is InChI=1S/C21H23NO5S/c23-21(24)19-15-6-7-16(12-15)20(19)22-28(25,26)18-10-8-17(9-11-18)27-13-14-4-2-1-3-5-14/h1-5,8-11,15-16,19-20,22H,6-7,12-13H2,(H,23,24). The number of ether oxygens (including phenoxy) is 1. The molecule has 4 atom stereocenters. The van der Waals surface area contributed by atoms with Gasteiger partial charge in [0.25, 0.3) is 0 Å². The third-order valence-electron chi connectivity index (χ3n) is 5.88. The zero-order chi connectivity index (χ0) is 19.7. The van der Waals surface area contributed by atoms with Crippen molar-refractivity contribution in [1.29, 1.82) is 0 Å². The average molecular weight is 401 g/mol. The van der Waals surface area contributed by atoms with E-state index in [1.54, 1.807) is 12.1 Å². The van der Waals surface area contributed by atoms with Crippen LogP contribution in [-0.2, 0) is 21.4 Å². The molecule has 6 nitrogen and oxygen atoms in total. The Balaban J connectivity index is 1.43. The van der Waals surface area contributed by atoms with Gasteiger partial charge in [0.15, 0.2) is 0 Å². The molecule has 2 saturated carbocycles. The highest BCUT2D eigenvalue weighted by Crippen LogP contribution is 2.49. The lowest BCUT2D eigenvalue weighted by Gasteiger charge is -2.28. The number of benzene rings is 2. The lowest BCUT2D eigenvalue weighted by Crippen LogP contribution is -2.46. The van der Waals surface area contributed by atoms with E-state index in [-0.39, 0.29) is 16.7 Å². The minimum atomic E-state index is -3.79. The molecule has 7 heteroatoms. The number of hydrogen-bond donors (Lipinski definition) is 2. The van der Waals surface area contributed by atoms with Gasteiger partial charge in [0.05, 0.1) is 10.8 Å². The van der Waals surface area contributed by atoms with Gasteiger partial charge in [-0.3, -0.25) is 4.79 Å². The zero-order valence-corrected chi connectivity index (χ0v) is 16.1. The van der Waals surface area contributed by atoms with Crippen molar-refractivity contribution < 1.29 is 23.1 Å². The van der Waals surface area contributed by atoms with E-state index in [9.17, 15) is 18.3 Å². The lowest BCUT2D eigenvalue weighted by molar-refractivity contribution is -0.144. The number of sulfonamides is 1. The second-order valence-electron chi connectivity index (χ2n) is 7.59. The molecule has 2 N–H and O–H groups in total. The monoisotopic (exact) mass is 401 g/mol. The van der Waals surface area contributed by atoms with E-state index in [1.165, 1.54) is 12.1 Å². The van der Waals surface area contributed by atoms with Gasteiger partial charge in [0, 0.05) is 6.04 Å². The number of hydrogen-bond acceptors (Lipinski definition) is 4. The van der Waals surface area contributed by atoms with E-state index < -0.39 is 28.0 Å². The molecule has 2 aromatic carbocycles. The van der Waals surface area contributed by atoms with E-state index in [4.69, 9.17) is 4.74 Å². The van der Waals surface area contributed by atoms with Crippen LogP contribution >= 0.6 is 0 Å². The summed E-state index contributed by atoms with van der Waals surface area (Å²) >= 11 is 0. The van der Waals surface area contributed by atoms with E-state index >= 15 is 0 Å². The molecule has 0 amide bonds. The Morgan fingerprint density at radius 1 is 1.04 bits per heavy atom. The normalized spacial score (nSPS) is 26.3. The second kappa shape index (κ2) is 7.56. The van der Waals surface area contributed by atoms with Gasteiger partial charge in [-0.05, 0) is 60.9 Å². The SMILES string of the molecule is O=C(O)C1C2CCC(C2)C1NS(=O)(=O)c1ccc(OCc2ccccc2)cc1. The Hall–Kier alpha value is -2.38. The molecule has 2 aliphatic rings. The van der Waals surface area contributed by atoms with E-state index in [2.05, 4.69) is 4.72 Å². The van der Waals surface area contributed by atoms with Crippen molar-refractivity contribution in [2.75, 3.05) is 0 Å². The van der Waals surface area contributed by atoms with Crippen LogP contribution in [0.5, 0.6) is 5.75 Å². The van der Waals surface area contributed by atoms with Gasteiger partial charge >= 0.3 is 5.97 Å². The molecule has 2 fully saturated rings. The molecule has 0 heterocycles. The Morgan fingerprint density at radius 2 is 1.71 bits per heavy atom. The predicted octanol–water partition coefficient (Wildman–Crippen LogP) is 3.04. The maximum atomic E-state index is 12.8. The zero-order valence-electron chi connectivity index (χ0n) is 15.3. The first-order valence-corrected chi connectivity index (χ1v) is 10.9. The van der Waals surface area contributed by atoms with Gasteiger partial charge in [-0.1, -0.05) is 30.3 Å². The van der Waals surface area contributed by atoms with Crippen LogP contribution in [0.15, 0.2) is 59.5 Å². The number of carboxylic acid groups (broad SMARTS) is 1. The van der Waals surface area contributed by atoms with Crippen molar-refractivity contribution in [3.05, 3.63) is 60.2 Å². The van der Waals surface area contributed by atoms with Gasteiger partial charge in [-0.25, -0.2) is 13.1 Å². The van der Waals surface area contributed by atoms with Gasteiger partial charge in [0.2, 0.25) is 10.0 Å². The van der Waals surface area contributed by atoms with Crippen molar-refractivity contribution in [2.24, 2.45) is 17.8 Å². The summed E-state index contributed by atoms with van der Waals surface area (Å²) in [7, 11) is -3.79. The van der Waals surface area contributed by atoms with Crippen LogP contribution in [-0.4, -0.2) is 25.5 Å². The minimum absolute atomic E-state index is 0.0731. The van der Waals surface area contributed by atoms with Crippen molar-refractivity contribution in [2.45, 2.75) is 36.8 Å². The fourth-order valence-corrected chi connectivity index (χ4v) is 5.85. The van der Waals surface area contributed by atoms with Gasteiger partial charge in [-0.15, -0.1) is 0 Å². The maximum absolute atomic E-state index is 12.8. The van der Waals surface area contributed by atoms with Crippen molar-refractivity contribution in [1.82, 2.24) is 4.72 Å². The molecule has 0 saturated heterocycles. The minimum Gasteiger partial charge on any atom is -0.489 e. The van der Waals surface area contributed by atoms with Gasteiger partial charge in [0.1, 0.15) is 12.4 Å². The number of rotatable bonds is 7. The third-order valence-corrected chi connectivity index (χ3v) is 7.35. The maximum Gasteiger partial charge on any atom is 0.308 e. The van der Waals surface area contributed by atoms with Gasteiger partial charge in [-0.2, -0.15) is 0 Å². The number of aliphatic carboxylic acids is 1. The Kier molecular flexibility index (Phi) is 5.12. The number of fused-ring (bicyclic) bond motifs is 2. The van der Waals surface area contributed by atoms with Crippen LogP contribution in [0.3, 0.4) is 0 Å². The highest BCUT2D eigenvalue weighted by Gasteiger charge is 2.52. The summed E-state index contributed by atoms with van der Waals surface area (Å²) in [5.74, 6) is -0.795. The van der Waals surface area contributed by atoms with E-state index in [1.807, 2.05) is 30.3 Å². The van der Waals surface area contributed by atoms with Gasteiger partial charge < -0.3 is 9.84 Å². The summed E-state index contributed by atoms with van der Waals surface area (Å²) in [6, 6.07) is 15.4. The fraction of sp³-hybridized carbons (Fsp3) is 0.381. The van der Waals surface area contributed by atoms with Crippen LogP contribution in [0.25, 0.3) is 0 Å². The number of nitrogens with one attached hydrogen (secondary N) is 1. The molecule has 0 aromatic heterocycles. The Morgan fingerprint density at radius 3 is 2.39 bits per heavy atom. The van der Waals surface area contributed by atoms with Crippen molar-refractivity contribution in [3.8, 4) is 5.75 Å². The van der Waals surface area contributed by atoms with Crippen LogP contribution < -0.4 is 9.46 Å². The van der Waals surface area contributed by atoms with Crippen molar-refractivity contribution >= 4 is 16.0 Å². The Bertz CT molecular complexity index is 943. The molecular formula is C21H23NO5S. The Labute approximate surface area is 164 Å². The van der Waals surface area contributed by atoms with Crippen LogP contribution in [0.4, 0.5) is 0 Å². The summed E-state index contributed by atoms with van der Waals surface area (Å²) < 4.78 is 33.9. The number of carboxylic acids is 1. The third kappa shape index (κ3) is 3.77. The smallest absolute Gasteiger partial charge is 0.308 e. The number of carbonyl (C=O) groups is 1. The summed E-state index contributed by atoms with van der Waals surface area (Å²) in [5.41, 5.74) is 1.02. The fourth-order valence-electron chi connectivity index (χ4n) is 4.52. The van der Waals surface area contributed by atoms with E-state index in [0.717, 1.165) is 24.8 Å². The molecular weight excluding hydrogens is 378 g/mol. The molecule has 0 spiro atoms. The summed E-state index contributed by atoms with van der Waals surface area (Å²) in [5, 5.41) is 9.51. The largest absolute Gasteiger partial charge is 0.489 e. The molecule has 2 aromatic rings. The summed E-state index contributed by atoms with van der Waals surface area (Å²) in [6.45, 7) is 0.399. The highest BCUT2D eigenvalue weighted by molar-refractivity contribution is 7.89. The molecule has 0 aliphatic heterocycles. The average Bonchev–Trinajstić information content (AvgIpc) is 3.29. The van der Waals surface area contributed by atoms with Crippen LogP contribution in [0.1, 0.15) is 24.8 Å². The molecule has 4 unspecified atom stereocenters. The predicted molar refractivity (Wildman–Crippen MR) is 103 cm³/mol. The molecule has 0 radical (unpaired) electrons. The molecule has 148 valence electrons. The second-order valence-corrected chi connectivity index (χ2v) is 9.30.